The van der Waals surface area contributed by atoms with Crippen LogP contribution in [0.25, 0.3) is 0 Å². The SMILES string of the molecule is N#Cc1c(F)cccc1N1CCN(CCOCCO)CC1. The van der Waals surface area contributed by atoms with E-state index in [0.717, 1.165) is 32.7 Å². The van der Waals surface area contributed by atoms with Gasteiger partial charge in [0.1, 0.15) is 17.4 Å². The minimum atomic E-state index is -0.463. The second-order valence-corrected chi connectivity index (χ2v) is 4.91. The summed E-state index contributed by atoms with van der Waals surface area (Å²) >= 11 is 0. The molecule has 1 fully saturated rings. The third-order valence-electron chi connectivity index (χ3n) is 3.60. The molecule has 1 N–H and O–H groups in total. The smallest absolute Gasteiger partial charge is 0.143 e. The molecule has 1 saturated heterocycles. The number of aliphatic hydroxyl groups excluding tert-OH is 1. The van der Waals surface area contributed by atoms with E-state index in [0.29, 0.717) is 18.9 Å². The zero-order valence-electron chi connectivity index (χ0n) is 12.0. The number of rotatable bonds is 6. The number of nitrogens with zero attached hydrogens (tertiary/aromatic N) is 3. The molecule has 0 atom stereocenters. The van der Waals surface area contributed by atoms with Crippen molar-refractivity contribution in [1.82, 2.24) is 4.90 Å². The number of nitriles is 1. The van der Waals surface area contributed by atoms with E-state index < -0.39 is 5.82 Å². The van der Waals surface area contributed by atoms with E-state index in [4.69, 9.17) is 15.1 Å². The molecule has 114 valence electrons. The molecule has 1 aromatic rings. The van der Waals surface area contributed by atoms with E-state index in [1.165, 1.54) is 6.07 Å². The summed E-state index contributed by atoms with van der Waals surface area (Å²) < 4.78 is 18.9. The first-order chi connectivity index (χ1) is 10.3. The normalized spacial score (nSPS) is 16.0. The van der Waals surface area contributed by atoms with Crippen molar-refractivity contribution >= 4 is 5.69 Å². The highest BCUT2D eigenvalue weighted by Gasteiger charge is 2.20. The fourth-order valence-electron chi connectivity index (χ4n) is 2.46. The van der Waals surface area contributed by atoms with Gasteiger partial charge in [-0.15, -0.1) is 0 Å². The summed E-state index contributed by atoms with van der Waals surface area (Å²) in [5.41, 5.74) is 0.797. The molecular weight excluding hydrogens is 273 g/mol. The number of ether oxygens (including phenoxy) is 1. The van der Waals surface area contributed by atoms with E-state index in [1.54, 1.807) is 12.1 Å². The lowest BCUT2D eigenvalue weighted by Gasteiger charge is -2.36. The molecule has 5 nitrogen and oxygen atoms in total. The first kappa shape index (κ1) is 15.7. The van der Waals surface area contributed by atoms with Gasteiger partial charge in [-0.2, -0.15) is 5.26 Å². The van der Waals surface area contributed by atoms with Crippen LogP contribution < -0.4 is 4.90 Å². The zero-order chi connectivity index (χ0) is 15.1. The second-order valence-electron chi connectivity index (χ2n) is 4.91. The highest BCUT2D eigenvalue weighted by Crippen LogP contribution is 2.23. The molecule has 21 heavy (non-hydrogen) atoms. The molecule has 1 aliphatic rings. The van der Waals surface area contributed by atoms with Crippen LogP contribution in [-0.4, -0.2) is 62.6 Å². The summed E-state index contributed by atoms with van der Waals surface area (Å²) in [5.74, 6) is -0.463. The molecule has 0 spiro atoms. The summed E-state index contributed by atoms with van der Waals surface area (Å²) in [4.78, 5) is 4.31. The van der Waals surface area contributed by atoms with Crippen LogP contribution in [0.2, 0.25) is 0 Å². The number of hydrogen-bond donors (Lipinski definition) is 1. The maximum atomic E-state index is 13.6. The Morgan fingerprint density at radius 1 is 1.24 bits per heavy atom. The van der Waals surface area contributed by atoms with Crippen molar-refractivity contribution in [3.63, 3.8) is 0 Å². The van der Waals surface area contributed by atoms with Gasteiger partial charge in [-0.3, -0.25) is 4.90 Å². The largest absolute Gasteiger partial charge is 0.394 e. The van der Waals surface area contributed by atoms with Crippen LogP contribution in [-0.2, 0) is 4.74 Å². The molecular formula is C15H20FN3O2. The summed E-state index contributed by atoms with van der Waals surface area (Å²) in [6.45, 7) is 5.06. The highest BCUT2D eigenvalue weighted by atomic mass is 19.1. The molecule has 0 aliphatic carbocycles. The molecule has 0 radical (unpaired) electrons. The molecule has 0 aromatic heterocycles. The van der Waals surface area contributed by atoms with Crippen molar-refractivity contribution in [2.75, 3.05) is 57.4 Å². The Hall–Kier alpha value is -1.68. The second kappa shape index (κ2) is 7.93. The van der Waals surface area contributed by atoms with Crippen molar-refractivity contribution in [2.24, 2.45) is 0 Å². The van der Waals surface area contributed by atoms with Gasteiger partial charge >= 0.3 is 0 Å². The molecule has 6 heteroatoms. The van der Waals surface area contributed by atoms with Gasteiger partial charge < -0.3 is 14.7 Å². The van der Waals surface area contributed by atoms with Crippen LogP contribution in [0.15, 0.2) is 18.2 Å². The van der Waals surface area contributed by atoms with Gasteiger partial charge in [0.05, 0.1) is 25.5 Å². The molecule has 0 bridgehead atoms. The average molecular weight is 293 g/mol. The van der Waals surface area contributed by atoms with Crippen LogP contribution in [0.4, 0.5) is 10.1 Å². The molecule has 1 aliphatic heterocycles. The van der Waals surface area contributed by atoms with Crippen molar-refractivity contribution in [3.8, 4) is 6.07 Å². The maximum Gasteiger partial charge on any atom is 0.143 e. The molecule has 0 unspecified atom stereocenters. The van der Waals surface area contributed by atoms with Crippen LogP contribution in [0, 0.1) is 17.1 Å². The minimum absolute atomic E-state index is 0.0459. The number of anilines is 1. The predicted molar refractivity (Wildman–Crippen MR) is 77.7 cm³/mol. The Bertz CT molecular complexity index is 496. The van der Waals surface area contributed by atoms with Crippen LogP contribution in [0.5, 0.6) is 0 Å². The van der Waals surface area contributed by atoms with E-state index in [2.05, 4.69) is 4.90 Å². The fraction of sp³-hybridized carbons (Fsp3) is 0.533. The molecule has 2 rings (SSSR count). The third kappa shape index (κ3) is 4.14. The molecule has 1 aromatic carbocycles. The van der Waals surface area contributed by atoms with Crippen LogP contribution >= 0.6 is 0 Å². The summed E-state index contributed by atoms with van der Waals surface area (Å²) in [6.07, 6.45) is 0. The fourth-order valence-corrected chi connectivity index (χ4v) is 2.46. The van der Waals surface area contributed by atoms with Gasteiger partial charge in [0.2, 0.25) is 0 Å². The summed E-state index contributed by atoms with van der Waals surface area (Å²) in [6, 6.07) is 6.70. The van der Waals surface area contributed by atoms with Crippen molar-refractivity contribution < 1.29 is 14.2 Å². The Kier molecular flexibility index (Phi) is 5.93. The van der Waals surface area contributed by atoms with E-state index in [1.807, 2.05) is 11.0 Å². The number of aliphatic hydroxyl groups is 1. The van der Waals surface area contributed by atoms with E-state index in [-0.39, 0.29) is 12.2 Å². The van der Waals surface area contributed by atoms with Gasteiger partial charge in [0.25, 0.3) is 0 Å². The lowest BCUT2D eigenvalue weighted by molar-refractivity contribution is 0.0724. The maximum absolute atomic E-state index is 13.6. The van der Waals surface area contributed by atoms with Crippen molar-refractivity contribution in [1.29, 1.82) is 5.26 Å². The topological polar surface area (TPSA) is 59.7 Å². The molecule has 0 amide bonds. The standard InChI is InChI=1S/C15H20FN3O2/c16-14-2-1-3-15(13(14)12-17)19-6-4-18(5-7-19)8-10-21-11-9-20/h1-3,20H,4-11H2. The Balaban J connectivity index is 1.87. The molecule has 0 saturated carbocycles. The number of piperazine rings is 1. The number of halogens is 1. The average Bonchev–Trinajstić information content (AvgIpc) is 2.52. The highest BCUT2D eigenvalue weighted by molar-refractivity contribution is 5.60. The monoisotopic (exact) mass is 293 g/mol. The summed E-state index contributed by atoms with van der Waals surface area (Å²) in [7, 11) is 0. The van der Waals surface area contributed by atoms with Gasteiger partial charge in [-0.05, 0) is 12.1 Å². The van der Waals surface area contributed by atoms with Crippen molar-refractivity contribution in [3.05, 3.63) is 29.6 Å². The van der Waals surface area contributed by atoms with Gasteiger partial charge in [-0.1, -0.05) is 6.07 Å². The first-order valence-corrected chi connectivity index (χ1v) is 7.10. The number of hydrogen-bond acceptors (Lipinski definition) is 5. The third-order valence-corrected chi connectivity index (χ3v) is 3.60. The number of benzene rings is 1. The first-order valence-electron chi connectivity index (χ1n) is 7.10. The minimum Gasteiger partial charge on any atom is -0.394 e. The van der Waals surface area contributed by atoms with Crippen LogP contribution in [0.1, 0.15) is 5.56 Å². The van der Waals surface area contributed by atoms with Gasteiger partial charge in [0, 0.05) is 32.7 Å². The summed E-state index contributed by atoms with van der Waals surface area (Å²) in [5, 5.41) is 17.7. The van der Waals surface area contributed by atoms with Crippen LogP contribution in [0.3, 0.4) is 0 Å². The molecule has 1 heterocycles. The van der Waals surface area contributed by atoms with E-state index >= 15 is 0 Å². The van der Waals surface area contributed by atoms with Crippen molar-refractivity contribution in [2.45, 2.75) is 0 Å². The Morgan fingerprint density at radius 3 is 2.67 bits per heavy atom. The predicted octanol–water partition coefficient (Wildman–Crippen LogP) is 0.828. The Labute approximate surface area is 124 Å². The lowest BCUT2D eigenvalue weighted by Crippen LogP contribution is -2.47. The van der Waals surface area contributed by atoms with Gasteiger partial charge in [0.15, 0.2) is 0 Å². The zero-order valence-corrected chi connectivity index (χ0v) is 12.0. The quantitative estimate of drug-likeness (QED) is 0.787. The van der Waals surface area contributed by atoms with E-state index in [9.17, 15) is 4.39 Å². The van der Waals surface area contributed by atoms with Gasteiger partial charge in [-0.25, -0.2) is 4.39 Å². The lowest BCUT2D eigenvalue weighted by atomic mass is 10.1. The Morgan fingerprint density at radius 2 is 2.00 bits per heavy atom.